The van der Waals surface area contributed by atoms with Crippen LogP contribution in [0.5, 0.6) is 23.0 Å². The molecule has 1 amide bonds. The number of likely N-dealkylation sites (N-methyl/N-ethyl adjacent to an activating group) is 1. The van der Waals surface area contributed by atoms with Gasteiger partial charge in [-0.2, -0.15) is 0 Å². The maximum Gasteiger partial charge on any atom is 0.573 e. The first-order valence-corrected chi connectivity index (χ1v) is 10.8. The zero-order valence-electron chi connectivity index (χ0n) is 19.2. The van der Waals surface area contributed by atoms with E-state index in [0.717, 1.165) is 11.3 Å². The number of fused-ring (bicyclic) bond motifs is 1. The average Bonchev–Trinajstić information content (AvgIpc) is 3.19. The third-order valence-corrected chi connectivity index (χ3v) is 5.78. The second kappa shape index (κ2) is 10.3. The van der Waals surface area contributed by atoms with Gasteiger partial charge in [0, 0.05) is 24.7 Å². The summed E-state index contributed by atoms with van der Waals surface area (Å²) in [7, 11) is 8.08. The Bertz CT molecular complexity index is 1140. The molecule has 0 unspecified atom stereocenters. The van der Waals surface area contributed by atoms with Crippen LogP contribution >= 0.6 is 11.3 Å². The van der Waals surface area contributed by atoms with Crippen molar-refractivity contribution in [1.29, 1.82) is 0 Å². The first kappa shape index (κ1) is 25.4. The van der Waals surface area contributed by atoms with E-state index in [4.69, 9.17) is 14.2 Å². The van der Waals surface area contributed by atoms with Crippen LogP contribution in [-0.4, -0.2) is 70.7 Å². The average molecular weight is 500 g/mol. The standard InChI is InChI=1S/C22H24F3N3O5S/c1-27(2)8-9-28(20(29)13-10-16(30-3)19(32-5)17(11-13)31-4)21-26-15-7-6-14(12-18(15)34-21)33-22(23,24)25/h6-7,10-12H,8-9H2,1-5H3. The molecule has 0 bridgehead atoms. The van der Waals surface area contributed by atoms with Crippen molar-refractivity contribution in [3.05, 3.63) is 35.9 Å². The van der Waals surface area contributed by atoms with Gasteiger partial charge in [0.25, 0.3) is 5.91 Å². The number of alkyl halides is 3. The molecule has 12 heteroatoms. The molecule has 0 fully saturated rings. The minimum absolute atomic E-state index is 0.272. The Balaban J connectivity index is 2.03. The molecule has 0 saturated heterocycles. The summed E-state index contributed by atoms with van der Waals surface area (Å²) in [4.78, 5) is 21.4. The van der Waals surface area contributed by atoms with Crippen molar-refractivity contribution in [3.8, 4) is 23.0 Å². The van der Waals surface area contributed by atoms with Gasteiger partial charge in [-0.25, -0.2) is 4.98 Å². The Hall–Kier alpha value is -3.25. The normalized spacial score (nSPS) is 11.6. The highest BCUT2D eigenvalue weighted by Gasteiger charge is 2.31. The molecule has 3 rings (SSSR count). The van der Waals surface area contributed by atoms with E-state index in [2.05, 4.69) is 9.72 Å². The summed E-state index contributed by atoms with van der Waals surface area (Å²) in [6.45, 7) is 0.808. The second-order valence-electron chi connectivity index (χ2n) is 7.35. The molecule has 184 valence electrons. The number of rotatable bonds is 9. The van der Waals surface area contributed by atoms with Gasteiger partial charge in [-0.15, -0.1) is 13.2 Å². The molecule has 0 aliphatic carbocycles. The molecule has 8 nitrogen and oxygen atoms in total. The SMILES string of the molecule is COc1cc(C(=O)N(CCN(C)C)c2nc3ccc(OC(F)(F)F)cc3s2)cc(OC)c1OC. The van der Waals surface area contributed by atoms with E-state index in [1.165, 1.54) is 56.6 Å². The summed E-state index contributed by atoms with van der Waals surface area (Å²) < 4.78 is 58.3. The second-order valence-corrected chi connectivity index (χ2v) is 8.36. The number of halogens is 3. The molecule has 1 heterocycles. The van der Waals surface area contributed by atoms with Crippen LogP contribution in [0, 0.1) is 0 Å². The van der Waals surface area contributed by atoms with Gasteiger partial charge >= 0.3 is 6.36 Å². The molecule has 0 N–H and O–H groups in total. The molecule has 1 aromatic heterocycles. The lowest BCUT2D eigenvalue weighted by molar-refractivity contribution is -0.274. The number of hydrogen-bond donors (Lipinski definition) is 0. The highest BCUT2D eigenvalue weighted by Crippen LogP contribution is 2.39. The van der Waals surface area contributed by atoms with Crippen molar-refractivity contribution in [1.82, 2.24) is 9.88 Å². The van der Waals surface area contributed by atoms with Gasteiger partial charge in [-0.05, 0) is 38.4 Å². The van der Waals surface area contributed by atoms with Gasteiger partial charge in [0.1, 0.15) is 5.75 Å². The predicted octanol–water partition coefficient (Wildman–Crippen LogP) is 4.43. The van der Waals surface area contributed by atoms with Crippen LogP contribution in [0.3, 0.4) is 0 Å². The highest BCUT2D eigenvalue weighted by atomic mass is 32.1. The van der Waals surface area contributed by atoms with E-state index in [-0.39, 0.29) is 23.8 Å². The molecule has 3 aromatic rings. The predicted molar refractivity (Wildman–Crippen MR) is 123 cm³/mol. The van der Waals surface area contributed by atoms with E-state index in [9.17, 15) is 18.0 Å². The Morgan fingerprint density at radius 1 is 1.00 bits per heavy atom. The molecule has 2 aromatic carbocycles. The minimum atomic E-state index is -4.80. The summed E-state index contributed by atoms with van der Waals surface area (Å²) in [5.74, 6) is 0.239. The fraction of sp³-hybridized carbons (Fsp3) is 0.364. The zero-order chi connectivity index (χ0) is 25.0. The number of thiazole rings is 1. The highest BCUT2D eigenvalue weighted by molar-refractivity contribution is 7.22. The van der Waals surface area contributed by atoms with E-state index < -0.39 is 6.36 Å². The first-order valence-electron chi connectivity index (χ1n) is 9.99. The van der Waals surface area contributed by atoms with Crippen molar-refractivity contribution in [2.75, 3.05) is 53.4 Å². The summed E-state index contributed by atoms with van der Waals surface area (Å²) in [5, 5.41) is 0.333. The van der Waals surface area contributed by atoms with Crippen LogP contribution in [-0.2, 0) is 0 Å². The van der Waals surface area contributed by atoms with E-state index in [1.54, 1.807) is 0 Å². The minimum Gasteiger partial charge on any atom is -0.493 e. The molecule has 0 atom stereocenters. The third-order valence-electron chi connectivity index (χ3n) is 4.74. The molecular weight excluding hydrogens is 475 g/mol. The number of aromatic nitrogens is 1. The third kappa shape index (κ3) is 5.81. The Morgan fingerprint density at radius 3 is 2.18 bits per heavy atom. The monoisotopic (exact) mass is 499 g/mol. The van der Waals surface area contributed by atoms with Gasteiger partial charge in [-0.1, -0.05) is 11.3 Å². The Kier molecular flexibility index (Phi) is 7.72. The lowest BCUT2D eigenvalue weighted by Crippen LogP contribution is -2.36. The first-order chi connectivity index (χ1) is 16.1. The van der Waals surface area contributed by atoms with E-state index >= 15 is 0 Å². The van der Waals surface area contributed by atoms with Crippen LogP contribution in [0.25, 0.3) is 10.2 Å². The molecule has 0 aliphatic heterocycles. The molecule has 34 heavy (non-hydrogen) atoms. The summed E-state index contributed by atoms with van der Waals surface area (Å²) in [6, 6.07) is 6.93. The van der Waals surface area contributed by atoms with Gasteiger partial charge in [-0.3, -0.25) is 9.69 Å². The molecule has 0 radical (unpaired) electrons. The van der Waals surface area contributed by atoms with Crippen molar-refractivity contribution < 1.29 is 36.9 Å². The molecule has 0 saturated carbocycles. The summed E-state index contributed by atoms with van der Waals surface area (Å²) >= 11 is 1.09. The van der Waals surface area contributed by atoms with Crippen LogP contribution < -0.4 is 23.8 Å². The number of carbonyl (C=O) groups excluding carboxylic acids is 1. The number of anilines is 1. The summed E-state index contributed by atoms with van der Waals surface area (Å²) in [6.07, 6.45) is -4.80. The lowest BCUT2D eigenvalue weighted by Gasteiger charge is -2.23. The largest absolute Gasteiger partial charge is 0.573 e. The van der Waals surface area contributed by atoms with E-state index in [1.807, 2.05) is 19.0 Å². The fourth-order valence-electron chi connectivity index (χ4n) is 3.15. The molecule has 0 spiro atoms. The summed E-state index contributed by atoms with van der Waals surface area (Å²) in [5.41, 5.74) is 0.718. The number of hydrogen-bond acceptors (Lipinski definition) is 8. The van der Waals surface area contributed by atoms with Gasteiger partial charge in [0.2, 0.25) is 5.75 Å². The van der Waals surface area contributed by atoms with Crippen LogP contribution in [0.2, 0.25) is 0 Å². The number of benzene rings is 2. The number of nitrogens with zero attached hydrogens (tertiary/aromatic N) is 3. The zero-order valence-corrected chi connectivity index (χ0v) is 20.0. The molecule has 0 aliphatic rings. The number of methoxy groups -OCH3 is 3. The maximum absolute atomic E-state index is 13.6. The van der Waals surface area contributed by atoms with Gasteiger partial charge in [0.05, 0.1) is 31.5 Å². The topological polar surface area (TPSA) is 73.4 Å². The van der Waals surface area contributed by atoms with Crippen molar-refractivity contribution in [2.45, 2.75) is 6.36 Å². The van der Waals surface area contributed by atoms with Crippen LogP contribution in [0.15, 0.2) is 30.3 Å². The lowest BCUT2D eigenvalue weighted by atomic mass is 10.1. The smallest absolute Gasteiger partial charge is 0.493 e. The van der Waals surface area contributed by atoms with Crippen molar-refractivity contribution in [3.63, 3.8) is 0 Å². The quantitative estimate of drug-likeness (QED) is 0.431. The molecular formula is C22H24F3N3O5S. The van der Waals surface area contributed by atoms with Crippen molar-refractivity contribution in [2.24, 2.45) is 0 Å². The fourth-order valence-corrected chi connectivity index (χ4v) is 4.17. The van der Waals surface area contributed by atoms with Crippen LogP contribution in [0.1, 0.15) is 10.4 Å². The van der Waals surface area contributed by atoms with Gasteiger partial charge < -0.3 is 23.8 Å². The maximum atomic E-state index is 13.6. The Labute approximate surface area is 198 Å². The van der Waals surface area contributed by atoms with Crippen molar-refractivity contribution >= 4 is 32.6 Å². The van der Waals surface area contributed by atoms with Crippen LogP contribution in [0.4, 0.5) is 18.3 Å². The number of carbonyl (C=O) groups is 1. The number of ether oxygens (including phenoxy) is 4. The van der Waals surface area contributed by atoms with E-state index in [0.29, 0.717) is 39.1 Å². The Morgan fingerprint density at radius 2 is 1.65 bits per heavy atom. The van der Waals surface area contributed by atoms with Gasteiger partial charge in [0.15, 0.2) is 16.6 Å². The number of amides is 1.